The minimum atomic E-state index is -0.451. The summed E-state index contributed by atoms with van der Waals surface area (Å²) in [6.07, 6.45) is 5.22. The van der Waals surface area contributed by atoms with Gasteiger partial charge in [-0.25, -0.2) is 14.8 Å². The molecule has 1 fully saturated rings. The van der Waals surface area contributed by atoms with Crippen molar-refractivity contribution in [1.29, 1.82) is 0 Å². The number of carbonyl (C=O) groups is 1. The van der Waals surface area contributed by atoms with Gasteiger partial charge < -0.3 is 9.64 Å². The molecule has 1 aromatic rings. The zero-order chi connectivity index (χ0) is 13.9. The van der Waals surface area contributed by atoms with Crippen molar-refractivity contribution in [2.45, 2.75) is 45.1 Å². The van der Waals surface area contributed by atoms with E-state index in [2.05, 4.69) is 9.97 Å². The highest BCUT2D eigenvalue weighted by molar-refractivity contribution is 5.68. The van der Waals surface area contributed by atoms with E-state index < -0.39 is 5.60 Å². The first kappa shape index (κ1) is 13.8. The van der Waals surface area contributed by atoms with Crippen LogP contribution in [0.25, 0.3) is 0 Å². The lowest BCUT2D eigenvalue weighted by atomic mass is 9.97. The number of piperidine rings is 1. The Morgan fingerprint density at radius 3 is 2.68 bits per heavy atom. The molecule has 0 aliphatic carbocycles. The first-order chi connectivity index (χ1) is 8.96. The topological polar surface area (TPSA) is 55.3 Å². The molecule has 0 radical (unpaired) electrons. The molecule has 0 N–H and O–H groups in total. The summed E-state index contributed by atoms with van der Waals surface area (Å²) in [6.45, 7) is 7.03. The number of hydrogen-bond acceptors (Lipinski definition) is 4. The van der Waals surface area contributed by atoms with Gasteiger partial charge in [-0.15, -0.1) is 0 Å². The normalized spacial score (nSPS) is 20.2. The van der Waals surface area contributed by atoms with Crippen LogP contribution in [-0.4, -0.2) is 39.7 Å². The Bertz CT molecular complexity index is 428. The Morgan fingerprint density at radius 1 is 1.37 bits per heavy atom. The third kappa shape index (κ3) is 3.91. The lowest BCUT2D eigenvalue weighted by molar-refractivity contribution is 0.0196. The van der Waals surface area contributed by atoms with E-state index in [0.29, 0.717) is 6.54 Å². The SMILES string of the molecule is CC(C)(C)OC(=O)N1CCC[C@@H](c2ncccn2)C1. The van der Waals surface area contributed by atoms with Gasteiger partial charge in [0.1, 0.15) is 11.4 Å². The molecule has 5 nitrogen and oxygen atoms in total. The molecular weight excluding hydrogens is 242 g/mol. The molecule has 1 aliphatic rings. The van der Waals surface area contributed by atoms with Crippen LogP contribution < -0.4 is 0 Å². The molecule has 2 rings (SSSR count). The predicted molar refractivity (Wildman–Crippen MR) is 71.8 cm³/mol. The van der Waals surface area contributed by atoms with Crippen molar-refractivity contribution in [3.05, 3.63) is 24.3 Å². The fraction of sp³-hybridized carbons (Fsp3) is 0.643. The van der Waals surface area contributed by atoms with E-state index in [4.69, 9.17) is 4.74 Å². The van der Waals surface area contributed by atoms with Gasteiger partial charge >= 0.3 is 6.09 Å². The first-order valence-corrected chi connectivity index (χ1v) is 6.70. The highest BCUT2D eigenvalue weighted by atomic mass is 16.6. The molecule has 0 saturated carbocycles. The molecule has 1 atom stereocenters. The summed E-state index contributed by atoms with van der Waals surface area (Å²) in [5.41, 5.74) is -0.451. The molecule has 19 heavy (non-hydrogen) atoms. The molecule has 0 aromatic carbocycles. The standard InChI is InChI=1S/C14H21N3O2/c1-14(2,3)19-13(18)17-9-4-6-11(10-17)12-15-7-5-8-16-12/h5,7-8,11H,4,6,9-10H2,1-3H3/t11-/m1/s1. The lowest BCUT2D eigenvalue weighted by Crippen LogP contribution is -2.42. The molecule has 5 heteroatoms. The zero-order valence-electron chi connectivity index (χ0n) is 11.8. The molecule has 0 bridgehead atoms. The zero-order valence-corrected chi connectivity index (χ0v) is 11.8. The summed E-state index contributed by atoms with van der Waals surface area (Å²) < 4.78 is 5.41. The van der Waals surface area contributed by atoms with Crippen LogP contribution in [0.15, 0.2) is 18.5 Å². The van der Waals surface area contributed by atoms with Gasteiger partial charge in [0.25, 0.3) is 0 Å². The maximum Gasteiger partial charge on any atom is 0.410 e. The van der Waals surface area contributed by atoms with Gasteiger partial charge in [0.05, 0.1) is 0 Å². The number of ether oxygens (including phenoxy) is 1. The summed E-state index contributed by atoms with van der Waals surface area (Å²) >= 11 is 0. The van der Waals surface area contributed by atoms with E-state index in [1.54, 1.807) is 23.4 Å². The van der Waals surface area contributed by atoms with E-state index in [0.717, 1.165) is 25.2 Å². The minimum Gasteiger partial charge on any atom is -0.444 e. The van der Waals surface area contributed by atoms with Gasteiger partial charge in [0.2, 0.25) is 0 Å². The third-order valence-corrected chi connectivity index (χ3v) is 3.02. The van der Waals surface area contributed by atoms with Crippen LogP contribution in [0.3, 0.4) is 0 Å². The van der Waals surface area contributed by atoms with Crippen molar-refractivity contribution in [3.63, 3.8) is 0 Å². The fourth-order valence-electron chi connectivity index (χ4n) is 2.20. The number of aromatic nitrogens is 2. The van der Waals surface area contributed by atoms with Crippen molar-refractivity contribution < 1.29 is 9.53 Å². The van der Waals surface area contributed by atoms with E-state index in [9.17, 15) is 4.79 Å². The average molecular weight is 263 g/mol. The Hall–Kier alpha value is -1.65. The predicted octanol–water partition coefficient (Wildman–Crippen LogP) is 2.59. The molecular formula is C14H21N3O2. The third-order valence-electron chi connectivity index (χ3n) is 3.02. The van der Waals surface area contributed by atoms with E-state index in [1.807, 2.05) is 20.8 Å². The summed E-state index contributed by atoms with van der Waals surface area (Å²) in [7, 11) is 0. The second kappa shape index (κ2) is 5.55. The summed E-state index contributed by atoms with van der Waals surface area (Å²) in [4.78, 5) is 22.4. The van der Waals surface area contributed by atoms with Crippen LogP contribution in [0.2, 0.25) is 0 Å². The minimum absolute atomic E-state index is 0.211. The number of amides is 1. The maximum absolute atomic E-state index is 12.1. The van der Waals surface area contributed by atoms with Crippen LogP contribution in [-0.2, 0) is 4.74 Å². The van der Waals surface area contributed by atoms with Gasteiger partial charge in [-0.05, 0) is 39.7 Å². The average Bonchev–Trinajstić information content (AvgIpc) is 2.38. The molecule has 1 aliphatic heterocycles. The molecule has 1 saturated heterocycles. The second-order valence-electron chi connectivity index (χ2n) is 5.87. The largest absolute Gasteiger partial charge is 0.444 e. The van der Waals surface area contributed by atoms with E-state index in [1.165, 1.54) is 0 Å². The number of carbonyl (C=O) groups excluding carboxylic acids is 1. The lowest BCUT2D eigenvalue weighted by Gasteiger charge is -2.33. The van der Waals surface area contributed by atoms with Gasteiger partial charge in [-0.2, -0.15) is 0 Å². The molecule has 2 heterocycles. The van der Waals surface area contributed by atoms with Crippen LogP contribution in [0, 0.1) is 0 Å². The van der Waals surface area contributed by atoms with Crippen molar-refractivity contribution in [3.8, 4) is 0 Å². The Balaban J connectivity index is 2.00. The van der Waals surface area contributed by atoms with Crippen LogP contribution in [0.4, 0.5) is 4.79 Å². The quantitative estimate of drug-likeness (QED) is 0.781. The Labute approximate surface area is 114 Å². The molecule has 1 amide bonds. The first-order valence-electron chi connectivity index (χ1n) is 6.70. The number of likely N-dealkylation sites (tertiary alicyclic amines) is 1. The van der Waals surface area contributed by atoms with Gasteiger partial charge in [0.15, 0.2) is 0 Å². The monoisotopic (exact) mass is 263 g/mol. The summed E-state index contributed by atoms with van der Waals surface area (Å²) in [6, 6.07) is 1.80. The van der Waals surface area contributed by atoms with Gasteiger partial charge in [0, 0.05) is 31.4 Å². The van der Waals surface area contributed by atoms with Crippen molar-refractivity contribution in [1.82, 2.24) is 14.9 Å². The highest BCUT2D eigenvalue weighted by Gasteiger charge is 2.29. The van der Waals surface area contributed by atoms with E-state index >= 15 is 0 Å². The summed E-state index contributed by atoms with van der Waals surface area (Å²) in [5.74, 6) is 1.03. The second-order valence-corrected chi connectivity index (χ2v) is 5.87. The molecule has 1 aromatic heterocycles. The van der Waals surface area contributed by atoms with Gasteiger partial charge in [-0.3, -0.25) is 0 Å². The van der Waals surface area contributed by atoms with Crippen molar-refractivity contribution in [2.75, 3.05) is 13.1 Å². The Kier molecular flexibility index (Phi) is 4.02. The molecule has 0 spiro atoms. The van der Waals surface area contributed by atoms with Crippen LogP contribution >= 0.6 is 0 Å². The summed E-state index contributed by atoms with van der Waals surface area (Å²) in [5, 5.41) is 0. The number of nitrogens with zero attached hydrogens (tertiary/aromatic N) is 3. The van der Waals surface area contributed by atoms with Crippen LogP contribution in [0.1, 0.15) is 45.4 Å². The fourth-order valence-corrected chi connectivity index (χ4v) is 2.20. The van der Waals surface area contributed by atoms with Crippen molar-refractivity contribution >= 4 is 6.09 Å². The Morgan fingerprint density at radius 2 is 2.05 bits per heavy atom. The highest BCUT2D eigenvalue weighted by Crippen LogP contribution is 2.25. The van der Waals surface area contributed by atoms with Crippen molar-refractivity contribution in [2.24, 2.45) is 0 Å². The molecule has 104 valence electrons. The maximum atomic E-state index is 12.1. The number of rotatable bonds is 1. The smallest absolute Gasteiger partial charge is 0.410 e. The van der Waals surface area contributed by atoms with Crippen LogP contribution in [0.5, 0.6) is 0 Å². The van der Waals surface area contributed by atoms with E-state index in [-0.39, 0.29) is 12.0 Å². The molecule has 0 unspecified atom stereocenters. The van der Waals surface area contributed by atoms with Gasteiger partial charge in [-0.1, -0.05) is 0 Å². The number of hydrogen-bond donors (Lipinski definition) is 0.